The molecule has 0 heterocycles. The van der Waals surface area contributed by atoms with Gasteiger partial charge in [-0.15, -0.1) is 0 Å². The molecular formula is C23H23NO6S. The number of hydrogen-bond acceptors (Lipinski definition) is 7. The first-order chi connectivity index (χ1) is 14.6. The number of carboxylic acids is 1. The van der Waals surface area contributed by atoms with Gasteiger partial charge in [-0.05, 0) is 74.6 Å². The normalized spacial score (nSPS) is 10.5. The highest BCUT2D eigenvalue weighted by atomic mass is 32.1. The predicted molar refractivity (Wildman–Crippen MR) is 119 cm³/mol. The second-order valence-corrected chi connectivity index (χ2v) is 6.92. The number of carbonyl (C=O) groups excluding carboxylic acids is 3. The first kappa shape index (κ1) is 25.6. The highest BCUT2D eigenvalue weighted by Gasteiger charge is 2.12. The number of thiocarbonyl (C=S) groups is 1. The van der Waals surface area contributed by atoms with Crippen molar-refractivity contribution in [2.24, 2.45) is 10.9 Å². The van der Waals surface area contributed by atoms with Crippen LogP contribution in [0.3, 0.4) is 0 Å². The second kappa shape index (κ2) is 13.0. The molecule has 0 spiro atoms. The van der Waals surface area contributed by atoms with Crippen LogP contribution in [-0.4, -0.2) is 40.2 Å². The number of rotatable bonds is 9. The summed E-state index contributed by atoms with van der Waals surface area (Å²) in [5.41, 5.74) is 1.75. The van der Waals surface area contributed by atoms with Gasteiger partial charge in [0, 0.05) is 17.5 Å². The Morgan fingerprint density at radius 1 is 0.968 bits per heavy atom. The van der Waals surface area contributed by atoms with Crippen LogP contribution in [0.25, 0.3) is 0 Å². The van der Waals surface area contributed by atoms with Crippen LogP contribution in [0.4, 0.5) is 5.69 Å². The third kappa shape index (κ3) is 9.71. The van der Waals surface area contributed by atoms with E-state index in [0.29, 0.717) is 22.6 Å². The molecule has 8 heteroatoms. The Kier molecular flexibility index (Phi) is 10.7. The molecule has 0 radical (unpaired) electrons. The Bertz CT molecular complexity index is 976. The maximum atomic E-state index is 12.3. The molecule has 0 aliphatic carbocycles. The molecule has 0 bridgehead atoms. The van der Waals surface area contributed by atoms with Crippen molar-refractivity contribution in [2.45, 2.75) is 27.2 Å². The van der Waals surface area contributed by atoms with Gasteiger partial charge in [0.25, 0.3) is 0 Å². The Labute approximate surface area is 185 Å². The monoisotopic (exact) mass is 441 g/mol. The maximum Gasteiger partial charge on any atom is 0.306 e. The molecule has 2 rings (SSSR count). The quantitative estimate of drug-likeness (QED) is 0.351. The number of isothiocyanates is 1. The topological polar surface area (TPSA) is 110 Å². The molecule has 2 aromatic carbocycles. The molecule has 1 unspecified atom stereocenters. The highest BCUT2D eigenvalue weighted by Crippen LogP contribution is 2.18. The van der Waals surface area contributed by atoms with E-state index in [9.17, 15) is 19.2 Å². The molecule has 0 fully saturated rings. The van der Waals surface area contributed by atoms with Gasteiger partial charge in [-0.3, -0.25) is 14.4 Å². The number of aliphatic carboxylic acids is 1. The minimum atomic E-state index is -0.912. The fraction of sp³-hybridized carbons (Fsp3) is 0.261. The average Bonchev–Trinajstić information content (AvgIpc) is 2.73. The van der Waals surface area contributed by atoms with Gasteiger partial charge in [-0.1, -0.05) is 6.92 Å². The van der Waals surface area contributed by atoms with E-state index in [4.69, 9.17) is 9.84 Å². The molecule has 0 aliphatic rings. The van der Waals surface area contributed by atoms with Crippen LogP contribution < -0.4 is 4.74 Å². The van der Waals surface area contributed by atoms with Crippen molar-refractivity contribution in [3.63, 3.8) is 0 Å². The van der Waals surface area contributed by atoms with E-state index in [-0.39, 0.29) is 30.4 Å². The summed E-state index contributed by atoms with van der Waals surface area (Å²) in [6, 6.07) is 13.5. The number of ketones is 3. The molecule has 0 aliphatic heterocycles. The van der Waals surface area contributed by atoms with Gasteiger partial charge in [-0.25, -0.2) is 0 Å². The molecule has 31 heavy (non-hydrogen) atoms. The number of hydrogen-bond donors (Lipinski definition) is 1. The van der Waals surface area contributed by atoms with E-state index >= 15 is 0 Å². The lowest BCUT2D eigenvalue weighted by molar-refractivity contribution is -0.142. The first-order valence-corrected chi connectivity index (χ1v) is 9.72. The lowest BCUT2D eigenvalue weighted by Crippen LogP contribution is -2.12. The number of benzene rings is 2. The molecule has 0 aromatic heterocycles. The van der Waals surface area contributed by atoms with Gasteiger partial charge < -0.3 is 14.6 Å². The Morgan fingerprint density at radius 3 is 1.87 bits per heavy atom. The first-order valence-electron chi connectivity index (χ1n) is 9.31. The van der Waals surface area contributed by atoms with Crippen molar-refractivity contribution in [3.8, 4) is 5.75 Å². The number of carbonyl (C=O) groups is 4. The van der Waals surface area contributed by atoms with Crippen molar-refractivity contribution in [1.82, 2.24) is 0 Å². The third-order valence-corrected chi connectivity index (χ3v) is 3.97. The summed E-state index contributed by atoms with van der Waals surface area (Å²) in [5.74, 6) is -1.13. The van der Waals surface area contributed by atoms with Crippen molar-refractivity contribution in [1.29, 1.82) is 0 Å². The number of nitrogens with zero attached hydrogens (tertiary/aromatic N) is 1. The van der Waals surface area contributed by atoms with Gasteiger partial charge in [0.15, 0.2) is 11.6 Å². The molecule has 0 amide bonds. The van der Waals surface area contributed by atoms with Gasteiger partial charge in [0.1, 0.15) is 18.1 Å². The van der Waals surface area contributed by atoms with Crippen LogP contribution in [0, 0.1) is 5.92 Å². The molecule has 7 nitrogen and oxygen atoms in total. The lowest BCUT2D eigenvalue weighted by Gasteiger charge is -2.05. The minimum absolute atomic E-state index is 0.0230. The third-order valence-electron chi connectivity index (χ3n) is 3.88. The van der Waals surface area contributed by atoms with Crippen LogP contribution in [0.1, 0.15) is 43.1 Å². The number of aliphatic imine (C=N–C) groups is 1. The Hall–Kier alpha value is -3.48. The smallest absolute Gasteiger partial charge is 0.306 e. The van der Waals surface area contributed by atoms with E-state index in [1.165, 1.54) is 20.8 Å². The standard InChI is InChI=1S/C17H13NO3S.C6H10O3/c1-12(19)10-21-16-8-4-14(5-9-16)17(20)13-2-6-15(7-3-13)18-11-22;1-4(6(8)9)3-5(2)7/h2-9H,10H2,1H3;4H,3H2,1-2H3,(H,8,9). The van der Waals surface area contributed by atoms with Gasteiger partial charge in [-0.2, -0.15) is 4.99 Å². The van der Waals surface area contributed by atoms with Crippen LogP contribution >= 0.6 is 12.2 Å². The number of ether oxygens (including phenoxy) is 1. The summed E-state index contributed by atoms with van der Waals surface area (Å²) < 4.78 is 5.26. The minimum Gasteiger partial charge on any atom is -0.486 e. The number of Topliss-reactive ketones (excluding diaryl/α,β-unsaturated/α-hetero) is 2. The molecule has 0 saturated heterocycles. The van der Waals surface area contributed by atoms with E-state index in [1.807, 2.05) is 0 Å². The zero-order valence-corrected chi connectivity index (χ0v) is 18.3. The number of carboxylic acid groups (broad SMARTS) is 1. The molecule has 1 atom stereocenters. The fourth-order valence-corrected chi connectivity index (χ4v) is 2.42. The predicted octanol–water partition coefficient (Wildman–Crippen LogP) is 4.31. The second-order valence-electron chi connectivity index (χ2n) is 6.74. The highest BCUT2D eigenvalue weighted by molar-refractivity contribution is 7.78. The summed E-state index contributed by atoms with van der Waals surface area (Å²) in [7, 11) is 0. The van der Waals surface area contributed by atoms with E-state index < -0.39 is 11.9 Å². The van der Waals surface area contributed by atoms with Crippen LogP contribution in [0.15, 0.2) is 53.5 Å². The summed E-state index contributed by atoms with van der Waals surface area (Å²) in [6.07, 6.45) is 0.134. The lowest BCUT2D eigenvalue weighted by atomic mass is 10.0. The maximum absolute atomic E-state index is 12.3. The molecule has 0 saturated carbocycles. The largest absolute Gasteiger partial charge is 0.486 e. The van der Waals surface area contributed by atoms with Gasteiger partial charge in [0.05, 0.1) is 16.8 Å². The van der Waals surface area contributed by atoms with Crippen molar-refractivity contribution >= 4 is 46.4 Å². The molecule has 2 aromatic rings. The van der Waals surface area contributed by atoms with Crippen molar-refractivity contribution in [3.05, 3.63) is 59.7 Å². The summed E-state index contributed by atoms with van der Waals surface area (Å²) in [4.78, 5) is 47.4. The van der Waals surface area contributed by atoms with Crippen molar-refractivity contribution in [2.75, 3.05) is 6.61 Å². The van der Waals surface area contributed by atoms with Crippen LogP contribution in [0.5, 0.6) is 5.75 Å². The van der Waals surface area contributed by atoms with Crippen LogP contribution in [-0.2, 0) is 14.4 Å². The summed E-state index contributed by atoms with van der Waals surface area (Å²) in [5, 5.41) is 10.6. The summed E-state index contributed by atoms with van der Waals surface area (Å²) >= 11 is 4.53. The van der Waals surface area contributed by atoms with Gasteiger partial charge in [0.2, 0.25) is 0 Å². The SMILES string of the molecule is CC(=O)CC(C)C(=O)O.CC(=O)COc1ccc(C(=O)c2ccc(N=C=S)cc2)cc1. The van der Waals surface area contributed by atoms with E-state index in [2.05, 4.69) is 22.4 Å². The molecular weight excluding hydrogens is 418 g/mol. The van der Waals surface area contributed by atoms with E-state index in [1.54, 1.807) is 48.5 Å². The average molecular weight is 442 g/mol. The molecule has 162 valence electrons. The Balaban J connectivity index is 0.000000452. The Morgan fingerprint density at radius 2 is 1.48 bits per heavy atom. The summed E-state index contributed by atoms with van der Waals surface area (Å²) in [6.45, 7) is 4.38. The zero-order valence-electron chi connectivity index (χ0n) is 17.5. The van der Waals surface area contributed by atoms with Crippen molar-refractivity contribution < 1.29 is 29.0 Å². The fourth-order valence-electron chi connectivity index (χ4n) is 2.31. The van der Waals surface area contributed by atoms with E-state index in [0.717, 1.165) is 0 Å². The molecule has 1 N–H and O–H groups in total. The van der Waals surface area contributed by atoms with Crippen LogP contribution in [0.2, 0.25) is 0 Å². The zero-order chi connectivity index (χ0) is 23.4. The van der Waals surface area contributed by atoms with Gasteiger partial charge >= 0.3 is 5.97 Å².